The Kier molecular flexibility index (Phi) is 9.31. The molecule has 35 heavy (non-hydrogen) atoms. The van der Waals surface area contributed by atoms with Crippen molar-refractivity contribution in [2.24, 2.45) is 0 Å². The third kappa shape index (κ3) is 6.42. The predicted octanol–water partition coefficient (Wildman–Crippen LogP) is 5.48. The van der Waals surface area contributed by atoms with Gasteiger partial charge in [-0.3, -0.25) is 14.9 Å². The Labute approximate surface area is 213 Å². The summed E-state index contributed by atoms with van der Waals surface area (Å²) in [6.07, 6.45) is 5.75. The monoisotopic (exact) mass is 544 g/mol. The quantitative estimate of drug-likeness (QED) is 0.228. The van der Waals surface area contributed by atoms with Gasteiger partial charge >= 0.3 is 6.03 Å². The number of ether oxygens (including phenoxy) is 3. The van der Waals surface area contributed by atoms with Crippen LogP contribution in [0.5, 0.6) is 17.2 Å². The van der Waals surface area contributed by atoms with E-state index >= 15 is 0 Å². The predicted molar refractivity (Wildman–Crippen MR) is 137 cm³/mol. The molecule has 1 N–H and O–H groups in total. The van der Waals surface area contributed by atoms with Crippen molar-refractivity contribution >= 4 is 45.5 Å². The number of carbonyl (C=O) groups excluding carboxylic acids is 3. The molecule has 2 aromatic rings. The summed E-state index contributed by atoms with van der Waals surface area (Å²) in [6.45, 7) is 4.98. The van der Waals surface area contributed by atoms with Gasteiger partial charge in [-0.2, -0.15) is 0 Å². The summed E-state index contributed by atoms with van der Waals surface area (Å²) in [5.41, 5.74) is 0.680. The highest BCUT2D eigenvalue weighted by molar-refractivity contribution is 9.10. The zero-order chi connectivity index (χ0) is 25.4. The molecule has 1 aliphatic heterocycles. The van der Waals surface area contributed by atoms with Gasteiger partial charge in [0.25, 0.3) is 11.8 Å². The number of hydrogen-bond donors (Lipinski definition) is 1. The molecule has 8 nitrogen and oxygen atoms in total. The van der Waals surface area contributed by atoms with E-state index in [0.717, 1.165) is 30.6 Å². The molecule has 4 amide bonds. The van der Waals surface area contributed by atoms with E-state index < -0.39 is 17.8 Å². The lowest BCUT2D eigenvalue weighted by molar-refractivity contribution is -0.122. The molecule has 1 fully saturated rings. The summed E-state index contributed by atoms with van der Waals surface area (Å²) in [5, 5.41) is 2.23. The molecule has 0 aromatic heterocycles. The molecule has 0 bridgehead atoms. The zero-order valence-corrected chi connectivity index (χ0v) is 21.6. The van der Waals surface area contributed by atoms with E-state index in [-0.39, 0.29) is 5.57 Å². The van der Waals surface area contributed by atoms with Crippen LogP contribution in [0.1, 0.15) is 45.1 Å². The van der Waals surface area contributed by atoms with Crippen LogP contribution in [0.25, 0.3) is 6.08 Å². The Hall–Kier alpha value is -3.33. The van der Waals surface area contributed by atoms with Crippen LogP contribution in [0.4, 0.5) is 10.5 Å². The number of anilines is 1. The largest absolute Gasteiger partial charge is 0.497 e. The molecule has 186 valence electrons. The van der Waals surface area contributed by atoms with Crippen LogP contribution in [0.15, 0.2) is 46.4 Å². The first-order valence-electron chi connectivity index (χ1n) is 11.5. The van der Waals surface area contributed by atoms with Crippen molar-refractivity contribution in [3.05, 3.63) is 52.0 Å². The number of unbranched alkanes of at least 4 members (excludes halogenated alkanes) is 3. The van der Waals surface area contributed by atoms with Crippen molar-refractivity contribution in [1.29, 1.82) is 0 Å². The van der Waals surface area contributed by atoms with Gasteiger partial charge in [-0.15, -0.1) is 0 Å². The Bertz CT molecular complexity index is 1110. The minimum Gasteiger partial charge on any atom is -0.497 e. The number of rotatable bonds is 11. The second-order valence-electron chi connectivity index (χ2n) is 7.83. The molecular formula is C26H29BrN2O6. The number of benzene rings is 2. The topological polar surface area (TPSA) is 94.2 Å². The molecule has 0 unspecified atom stereocenters. The first kappa shape index (κ1) is 26.3. The maximum atomic E-state index is 13.2. The molecule has 0 saturated carbocycles. The Morgan fingerprint density at radius 1 is 1.00 bits per heavy atom. The smallest absolute Gasteiger partial charge is 0.335 e. The summed E-state index contributed by atoms with van der Waals surface area (Å²) in [4.78, 5) is 39.1. The standard InChI is InChI=1S/C26H29BrN2O6/c1-4-6-7-8-13-35-23-21(27)15-17(16-22(23)34-5-2)14-20-24(30)28-26(32)29(25(20)31)18-9-11-19(33-3)12-10-18/h9-12,14-16H,4-8,13H2,1-3H3,(H,28,30,32)/b20-14+. The first-order valence-corrected chi connectivity index (χ1v) is 12.3. The average Bonchev–Trinajstić information content (AvgIpc) is 2.83. The molecular weight excluding hydrogens is 516 g/mol. The van der Waals surface area contributed by atoms with E-state index in [2.05, 4.69) is 28.2 Å². The highest BCUT2D eigenvalue weighted by Gasteiger charge is 2.36. The van der Waals surface area contributed by atoms with Gasteiger partial charge in [-0.25, -0.2) is 9.69 Å². The molecule has 1 aliphatic rings. The van der Waals surface area contributed by atoms with Gasteiger partial charge in [-0.1, -0.05) is 26.2 Å². The highest BCUT2D eigenvalue weighted by Crippen LogP contribution is 2.38. The van der Waals surface area contributed by atoms with Crippen molar-refractivity contribution in [1.82, 2.24) is 5.32 Å². The Morgan fingerprint density at radius 3 is 2.40 bits per heavy atom. The van der Waals surface area contributed by atoms with E-state index in [4.69, 9.17) is 14.2 Å². The minimum absolute atomic E-state index is 0.178. The van der Waals surface area contributed by atoms with E-state index in [0.29, 0.717) is 46.2 Å². The SMILES string of the molecule is CCCCCCOc1c(Br)cc(/C=C2\C(=O)NC(=O)N(c3ccc(OC)cc3)C2=O)cc1OCC. The first-order chi connectivity index (χ1) is 16.9. The number of methoxy groups -OCH3 is 1. The summed E-state index contributed by atoms with van der Waals surface area (Å²) in [6, 6.07) is 9.03. The maximum Gasteiger partial charge on any atom is 0.335 e. The van der Waals surface area contributed by atoms with Crippen molar-refractivity contribution in [3.63, 3.8) is 0 Å². The van der Waals surface area contributed by atoms with Gasteiger partial charge in [0, 0.05) is 0 Å². The van der Waals surface area contributed by atoms with Crippen molar-refractivity contribution in [2.75, 3.05) is 25.2 Å². The fraction of sp³-hybridized carbons (Fsp3) is 0.346. The number of imide groups is 2. The number of barbiturate groups is 1. The molecule has 0 aliphatic carbocycles. The van der Waals surface area contributed by atoms with Crippen LogP contribution in [0.2, 0.25) is 0 Å². The van der Waals surface area contributed by atoms with Gasteiger partial charge in [0.15, 0.2) is 11.5 Å². The van der Waals surface area contributed by atoms with Crippen LogP contribution < -0.4 is 24.4 Å². The number of carbonyl (C=O) groups is 3. The number of urea groups is 1. The molecule has 0 atom stereocenters. The van der Waals surface area contributed by atoms with Crippen molar-refractivity contribution in [3.8, 4) is 17.2 Å². The molecule has 1 saturated heterocycles. The molecule has 1 heterocycles. The third-order valence-corrected chi connectivity index (χ3v) is 5.91. The van der Waals surface area contributed by atoms with E-state index in [1.807, 2.05) is 6.92 Å². The van der Waals surface area contributed by atoms with Crippen LogP contribution in [0, 0.1) is 0 Å². The number of amides is 4. The lowest BCUT2D eigenvalue weighted by Gasteiger charge is -2.26. The highest BCUT2D eigenvalue weighted by atomic mass is 79.9. The summed E-state index contributed by atoms with van der Waals surface area (Å²) < 4.78 is 17.5. The van der Waals surface area contributed by atoms with Crippen LogP contribution in [-0.2, 0) is 9.59 Å². The van der Waals surface area contributed by atoms with Crippen molar-refractivity contribution in [2.45, 2.75) is 39.5 Å². The van der Waals surface area contributed by atoms with Crippen LogP contribution in [-0.4, -0.2) is 38.2 Å². The molecule has 2 aromatic carbocycles. The zero-order valence-electron chi connectivity index (χ0n) is 20.1. The fourth-order valence-electron chi connectivity index (χ4n) is 3.57. The minimum atomic E-state index is -0.815. The number of nitrogens with zero attached hydrogens (tertiary/aromatic N) is 1. The van der Waals surface area contributed by atoms with Gasteiger partial charge < -0.3 is 14.2 Å². The summed E-state index contributed by atoms with van der Waals surface area (Å²) in [5.74, 6) is 0.145. The molecule has 3 rings (SSSR count). The maximum absolute atomic E-state index is 13.2. The second kappa shape index (κ2) is 12.4. The van der Waals surface area contributed by atoms with Gasteiger partial charge in [0.1, 0.15) is 11.3 Å². The van der Waals surface area contributed by atoms with Crippen LogP contribution >= 0.6 is 15.9 Å². The summed E-state index contributed by atoms with van der Waals surface area (Å²) >= 11 is 3.52. The van der Waals surface area contributed by atoms with E-state index in [1.54, 1.807) is 36.4 Å². The molecule has 0 spiro atoms. The van der Waals surface area contributed by atoms with E-state index in [1.165, 1.54) is 13.2 Å². The number of hydrogen-bond acceptors (Lipinski definition) is 6. The van der Waals surface area contributed by atoms with Gasteiger partial charge in [0.2, 0.25) is 0 Å². The van der Waals surface area contributed by atoms with Crippen molar-refractivity contribution < 1.29 is 28.6 Å². The lowest BCUT2D eigenvalue weighted by atomic mass is 10.1. The van der Waals surface area contributed by atoms with Crippen LogP contribution in [0.3, 0.4) is 0 Å². The number of halogens is 1. The normalized spacial score (nSPS) is 14.8. The van der Waals surface area contributed by atoms with Gasteiger partial charge in [-0.05, 0) is 77.3 Å². The second-order valence-corrected chi connectivity index (χ2v) is 8.68. The van der Waals surface area contributed by atoms with E-state index in [9.17, 15) is 14.4 Å². The average molecular weight is 545 g/mol. The lowest BCUT2D eigenvalue weighted by Crippen LogP contribution is -2.54. The fourth-order valence-corrected chi connectivity index (χ4v) is 4.14. The Balaban J connectivity index is 1.89. The molecule has 9 heteroatoms. The summed E-state index contributed by atoms with van der Waals surface area (Å²) in [7, 11) is 1.52. The van der Waals surface area contributed by atoms with Gasteiger partial charge in [0.05, 0.1) is 30.5 Å². The third-order valence-electron chi connectivity index (χ3n) is 5.32. The number of nitrogens with one attached hydrogen (secondary N) is 1. The molecule has 0 radical (unpaired) electrons. The Morgan fingerprint density at radius 2 is 1.74 bits per heavy atom.